The van der Waals surface area contributed by atoms with Gasteiger partial charge in [-0.3, -0.25) is 4.84 Å². The van der Waals surface area contributed by atoms with E-state index in [1.807, 2.05) is 6.92 Å². The third-order valence-electron chi connectivity index (χ3n) is 1.24. The first-order valence-electron chi connectivity index (χ1n) is 4.60. The molecule has 0 radical (unpaired) electrons. The molecule has 14 heavy (non-hydrogen) atoms. The molecule has 0 spiro atoms. The second-order valence-electron chi connectivity index (χ2n) is 4.06. The fraction of sp³-hybridized carbons (Fsp3) is 0.700. The monoisotopic (exact) mass is 201 g/mol. The van der Waals surface area contributed by atoms with Crippen molar-refractivity contribution in [1.29, 1.82) is 0 Å². The first-order valence-corrected chi connectivity index (χ1v) is 4.60. The van der Waals surface area contributed by atoms with E-state index in [-0.39, 0.29) is 6.10 Å². The molecule has 4 heteroatoms. The molecule has 0 heterocycles. The van der Waals surface area contributed by atoms with Crippen LogP contribution in [0.25, 0.3) is 0 Å². The molecular formula is C10H19NO3. The van der Waals surface area contributed by atoms with E-state index < -0.39 is 11.7 Å². The summed E-state index contributed by atoms with van der Waals surface area (Å²) in [6.07, 6.45) is 1.73. The molecule has 0 aromatic carbocycles. The van der Waals surface area contributed by atoms with Gasteiger partial charge in [0.1, 0.15) is 5.60 Å². The van der Waals surface area contributed by atoms with Crippen LogP contribution < -0.4 is 5.48 Å². The molecule has 4 nitrogen and oxygen atoms in total. The molecule has 1 amide bonds. The number of hydroxylamine groups is 1. The summed E-state index contributed by atoms with van der Waals surface area (Å²) in [6, 6.07) is 0. The van der Waals surface area contributed by atoms with E-state index in [1.54, 1.807) is 26.8 Å². The summed E-state index contributed by atoms with van der Waals surface area (Å²) >= 11 is 0. The van der Waals surface area contributed by atoms with Gasteiger partial charge >= 0.3 is 6.09 Å². The maximum Gasteiger partial charge on any atom is 0.431 e. The van der Waals surface area contributed by atoms with E-state index in [2.05, 4.69) is 12.1 Å². The van der Waals surface area contributed by atoms with E-state index in [4.69, 9.17) is 9.57 Å². The Hall–Kier alpha value is -1.03. The summed E-state index contributed by atoms with van der Waals surface area (Å²) in [7, 11) is 0. The highest BCUT2D eigenvalue weighted by Crippen LogP contribution is 2.06. The van der Waals surface area contributed by atoms with Gasteiger partial charge in [0.25, 0.3) is 0 Å². The van der Waals surface area contributed by atoms with E-state index in [1.165, 1.54) is 0 Å². The Labute approximate surface area is 85.2 Å². The van der Waals surface area contributed by atoms with Gasteiger partial charge in [-0.2, -0.15) is 5.48 Å². The fourth-order valence-corrected chi connectivity index (χ4v) is 0.730. The maximum absolute atomic E-state index is 11.1. The molecule has 0 unspecified atom stereocenters. The highest BCUT2D eigenvalue weighted by atomic mass is 16.7. The predicted molar refractivity (Wildman–Crippen MR) is 54.7 cm³/mol. The Kier molecular flexibility index (Phi) is 5.23. The highest BCUT2D eigenvalue weighted by molar-refractivity contribution is 5.66. The van der Waals surface area contributed by atoms with Gasteiger partial charge in [-0.15, -0.1) is 6.58 Å². The van der Waals surface area contributed by atoms with E-state index in [0.29, 0.717) is 6.42 Å². The van der Waals surface area contributed by atoms with Gasteiger partial charge in [-0.25, -0.2) is 4.79 Å². The number of carbonyl (C=O) groups excluding carboxylic acids is 1. The lowest BCUT2D eigenvalue weighted by Crippen LogP contribution is -2.34. The van der Waals surface area contributed by atoms with Crippen molar-refractivity contribution in [3.8, 4) is 0 Å². The largest absolute Gasteiger partial charge is 0.442 e. The first-order chi connectivity index (χ1) is 6.35. The Morgan fingerprint density at radius 1 is 1.57 bits per heavy atom. The van der Waals surface area contributed by atoms with E-state index >= 15 is 0 Å². The average molecular weight is 201 g/mol. The van der Waals surface area contributed by atoms with Gasteiger partial charge in [-0.1, -0.05) is 6.08 Å². The molecule has 0 aliphatic heterocycles. The van der Waals surface area contributed by atoms with Gasteiger partial charge in [0, 0.05) is 0 Å². The minimum absolute atomic E-state index is 0.0972. The minimum Gasteiger partial charge on any atom is -0.442 e. The van der Waals surface area contributed by atoms with Crippen LogP contribution >= 0.6 is 0 Å². The van der Waals surface area contributed by atoms with Crippen molar-refractivity contribution >= 4 is 6.09 Å². The SMILES string of the molecule is C=CC[C@@H](C)ONC(=O)OC(C)(C)C. The van der Waals surface area contributed by atoms with Crippen molar-refractivity contribution in [2.24, 2.45) is 0 Å². The summed E-state index contributed by atoms with van der Waals surface area (Å²) in [5.41, 5.74) is 1.71. The van der Waals surface area contributed by atoms with Crippen LogP contribution in [-0.2, 0) is 9.57 Å². The molecule has 0 aliphatic rings. The summed E-state index contributed by atoms with van der Waals surface area (Å²) in [5, 5.41) is 0. The third-order valence-corrected chi connectivity index (χ3v) is 1.24. The van der Waals surface area contributed by atoms with Crippen LogP contribution in [0.1, 0.15) is 34.1 Å². The molecular weight excluding hydrogens is 182 g/mol. The van der Waals surface area contributed by atoms with Crippen molar-refractivity contribution < 1.29 is 14.4 Å². The number of nitrogens with one attached hydrogen (secondary N) is 1. The zero-order valence-corrected chi connectivity index (χ0v) is 9.29. The summed E-state index contributed by atoms with van der Waals surface area (Å²) < 4.78 is 4.97. The van der Waals surface area contributed by atoms with Crippen LogP contribution in [0.2, 0.25) is 0 Å². The van der Waals surface area contributed by atoms with Crippen LogP contribution in [0.4, 0.5) is 4.79 Å². The lowest BCUT2D eigenvalue weighted by atomic mass is 10.2. The van der Waals surface area contributed by atoms with Crippen LogP contribution in [0.5, 0.6) is 0 Å². The van der Waals surface area contributed by atoms with Crippen LogP contribution in [0.3, 0.4) is 0 Å². The predicted octanol–water partition coefficient (Wildman–Crippen LogP) is 2.41. The lowest BCUT2D eigenvalue weighted by molar-refractivity contribution is -0.0349. The standard InChI is InChI=1S/C10H19NO3/c1-6-7-8(2)14-11-9(12)13-10(3,4)5/h6,8H,1,7H2,2-5H3,(H,11,12)/t8-/m1/s1. The summed E-state index contributed by atoms with van der Waals surface area (Å²) in [4.78, 5) is 16.1. The minimum atomic E-state index is -0.576. The Morgan fingerprint density at radius 3 is 2.57 bits per heavy atom. The van der Waals surface area contributed by atoms with Gasteiger partial charge in [0.15, 0.2) is 0 Å². The molecule has 82 valence electrons. The topological polar surface area (TPSA) is 47.6 Å². The number of hydrogen-bond donors (Lipinski definition) is 1. The van der Waals surface area contributed by atoms with Crippen molar-refractivity contribution in [2.75, 3.05) is 0 Å². The summed E-state index contributed by atoms with van der Waals surface area (Å²) in [6.45, 7) is 10.8. The van der Waals surface area contributed by atoms with Gasteiger partial charge in [0.05, 0.1) is 6.10 Å². The first kappa shape index (κ1) is 13.0. The fourth-order valence-electron chi connectivity index (χ4n) is 0.730. The quantitative estimate of drug-likeness (QED) is 0.561. The molecule has 0 aromatic heterocycles. The number of amides is 1. The number of ether oxygens (including phenoxy) is 1. The second-order valence-corrected chi connectivity index (χ2v) is 4.06. The zero-order valence-electron chi connectivity index (χ0n) is 9.29. The van der Waals surface area contributed by atoms with Gasteiger partial charge < -0.3 is 4.74 Å². The molecule has 0 saturated carbocycles. The van der Waals surface area contributed by atoms with E-state index in [0.717, 1.165) is 0 Å². The molecule has 0 saturated heterocycles. The Morgan fingerprint density at radius 2 is 2.14 bits per heavy atom. The van der Waals surface area contributed by atoms with Crippen molar-refractivity contribution in [1.82, 2.24) is 5.48 Å². The summed E-state index contributed by atoms with van der Waals surface area (Å²) in [5.74, 6) is 0. The molecule has 0 fully saturated rings. The smallest absolute Gasteiger partial charge is 0.431 e. The molecule has 0 aromatic rings. The van der Waals surface area contributed by atoms with Gasteiger partial charge in [0.2, 0.25) is 0 Å². The number of hydrogen-bond acceptors (Lipinski definition) is 3. The third kappa shape index (κ3) is 7.61. The Bertz CT molecular complexity index is 196. The molecule has 0 rings (SSSR count). The number of carbonyl (C=O) groups is 1. The highest BCUT2D eigenvalue weighted by Gasteiger charge is 2.16. The molecule has 0 bridgehead atoms. The normalized spacial score (nSPS) is 13.1. The molecule has 1 N–H and O–H groups in total. The second kappa shape index (κ2) is 5.65. The average Bonchev–Trinajstić information content (AvgIpc) is 1.98. The Balaban J connectivity index is 3.69. The van der Waals surface area contributed by atoms with Crippen LogP contribution in [0, 0.1) is 0 Å². The van der Waals surface area contributed by atoms with Crippen LogP contribution in [0.15, 0.2) is 12.7 Å². The zero-order chi connectivity index (χ0) is 11.2. The lowest BCUT2D eigenvalue weighted by Gasteiger charge is -2.20. The van der Waals surface area contributed by atoms with E-state index in [9.17, 15) is 4.79 Å². The van der Waals surface area contributed by atoms with Gasteiger partial charge in [-0.05, 0) is 34.1 Å². The molecule has 1 atom stereocenters. The maximum atomic E-state index is 11.1. The van der Waals surface area contributed by atoms with Crippen LogP contribution in [-0.4, -0.2) is 17.8 Å². The molecule has 0 aliphatic carbocycles. The van der Waals surface area contributed by atoms with Crippen molar-refractivity contribution in [3.63, 3.8) is 0 Å². The number of rotatable bonds is 4. The van der Waals surface area contributed by atoms with Crippen molar-refractivity contribution in [2.45, 2.75) is 45.8 Å². The van der Waals surface area contributed by atoms with Crippen molar-refractivity contribution in [3.05, 3.63) is 12.7 Å².